The predicted molar refractivity (Wildman–Crippen MR) is 153 cm³/mol. The van der Waals surface area contributed by atoms with E-state index in [1.54, 1.807) is 12.1 Å². The molecule has 1 heterocycles. The third-order valence-corrected chi connectivity index (χ3v) is 6.26. The predicted octanol–water partition coefficient (Wildman–Crippen LogP) is 5.58. The third-order valence-electron chi connectivity index (χ3n) is 6.26. The number of likely N-dealkylation sites (N-methyl/N-ethyl adjacent to an activating group) is 1. The van der Waals surface area contributed by atoms with Crippen molar-refractivity contribution in [3.05, 3.63) is 83.4 Å². The third kappa shape index (κ3) is 7.42. The van der Waals surface area contributed by atoms with E-state index in [-0.39, 0.29) is 31.4 Å². The first-order valence-corrected chi connectivity index (χ1v) is 13.2. The molecular formula is C32H35NO7. The molecule has 1 aliphatic heterocycles. The average Bonchev–Trinajstić information content (AvgIpc) is 3.38. The van der Waals surface area contributed by atoms with E-state index in [1.807, 2.05) is 73.6 Å². The summed E-state index contributed by atoms with van der Waals surface area (Å²) in [5.74, 6) is 1.91. The van der Waals surface area contributed by atoms with Crippen LogP contribution in [-0.4, -0.2) is 57.0 Å². The highest BCUT2D eigenvalue weighted by Crippen LogP contribution is 2.40. The van der Waals surface area contributed by atoms with E-state index >= 15 is 0 Å². The lowest BCUT2D eigenvalue weighted by molar-refractivity contribution is -0.148. The fraction of sp³-hybridized carbons (Fsp3) is 0.312. The molecule has 0 radical (unpaired) electrons. The van der Waals surface area contributed by atoms with Gasteiger partial charge in [0, 0.05) is 20.4 Å². The number of rotatable bonds is 11. The Morgan fingerprint density at radius 3 is 2.00 bits per heavy atom. The molecule has 0 amide bonds. The maximum atomic E-state index is 11.5. The summed E-state index contributed by atoms with van der Waals surface area (Å²) < 4.78 is 27.8. The minimum atomic E-state index is -0.379. The molecule has 0 spiro atoms. The molecule has 1 unspecified atom stereocenters. The van der Waals surface area contributed by atoms with E-state index in [9.17, 15) is 9.59 Å². The Labute approximate surface area is 235 Å². The van der Waals surface area contributed by atoms with Crippen molar-refractivity contribution >= 4 is 23.1 Å². The maximum Gasteiger partial charge on any atom is 0.308 e. The number of fused-ring (bicyclic) bond motifs is 1. The first-order chi connectivity index (χ1) is 19.2. The summed E-state index contributed by atoms with van der Waals surface area (Å²) >= 11 is 0. The van der Waals surface area contributed by atoms with Gasteiger partial charge in [-0.15, -0.1) is 0 Å². The lowest BCUT2D eigenvalue weighted by atomic mass is 9.88. The highest BCUT2D eigenvalue weighted by Gasteiger charge is 2.19. The second-order valence-electron chi connectivity index (χ2n) is 9.72. The lowest BCUT2D eigenvalue weighted by Gasteiger charge is -2.21. The van der Waals surface area contributed by atoms with Gasteiger partial charge in [0.15, 0.2) is 11.5 Å². The molecule has 3 aromatic carbocycles. The summed E-state index contributed by atoms with van der Waals surface area (Å²) in [5, 5.41) is 0. The molecule has 3 aromatic rings. The summed E-state index contributed by atoms with van der Waals surface area (Å²) in [6.07, 6.45) is 0.379. The van der Waals surface area contributed by atoms with Gasteiger partial charge in [0.25, 0.3) is 0 Å². The molecular weight excluding hydrogens is 510 g/mol. The van der Waals surface area contributed by atoms with Gasteiger partial charge in [-0.2, -0.15) is 0 Å². The van der Waals surface area contributed by atoms with Crippen molar-refractivity contribution < 1.29 is 33.3 Å². The number of esters is 2. The second kappa shape index (κ2) is 13.2. The van der Waals surface area contributed by atoms with E-state index in [4.69, 9.17) is 23.7 Å². The molecule has 0 fully saturated rings. The number of hydrogen-bond acceptors (Lipinski definition) is 8. The van der Waals surface area contributed by atoms with E-state index < -0.39 is 0 Å². The SMILES string of the molecule is CC/C(=C(/c1ccc(OCC(CN(C)C)OC(C)=O)cc1)c1ccc(OC(C)=O)cc1)c1ccc2c(c1)OCO2. The van der Waals surface area contributed by atoms with Crippen molar-refractivity contribution in [3.8, 4) is 23.0 Å². The number of benzene rings is 3. The molecule has 40 heavy (non-hydrogen) atoms. The van der Waals surface area contributed by atoms with Crippen LogP contribution in [0.2, 0.25) is 0 Å². The maximum absolute atomic E-state index is 11.5. The molecule has 0 saturated carbocycles. The normalized spacial score (nSPS) is 13.4. The van der Waals surface area contributed by atoms with E-state index in [2.05, 4.69) is 6.92 Å². The second-order valence-corrected chi connectivity index (χ2v) is 9.72. The fourth-order valence-corrected chi connectivity index (χ4v) is 4.65. The van der Waals surface area contributed by atoms with Crippen molar-refractivity contribution in [2.24, 2.45) is 0 Å². The van der Waals surface area contributed by atoms with Gasteiger partial charge in [-0.1, -0.05) is 37.3 Å². The van der Waals surface area contributed by atoms with E-state index in [0.29, 0.717) is 18.0 Å². The zero-order valence-corrected chi connectivity index (χ0v) is 23.6. The van der Waals surface area contributed by atoms with Crippen molar-refractivity contribution in [2.75, 3.05) is 34.0 Å². The van der Waals surface area contributed by atoms with Crippen molar-refractivity contribution in [1.82, 2.24) is 4.90 Å². The Balaban J connectivity index is 1.68. The summed E-state index contributed by atoms with van der Waals surface area (Å²) in [7, 11) is 3.84. The van der Waals surface area contributed by atoms with Crippen LogP contribution in [0.15, 0.2) is 66.7 Å². The van der Waals surface area contributed by atoms with Gasteiger partial charge in [0.1, 0.15) is 24.2 Å². The topological polar surface area (TPSA) is 83.5 Å². The molecule has 0 aliphatic carbocycles. The van der Waals surface area contributed by atoms with Crippen molar-refractivity contribution in [1.29, 1.82) is 0 Å². The monoisotopic (exact) mass is 545 g/mol. The van der Waals surface area contributed by atoms with Gasteiger partial charge in [0.05, 0.1) is 0 Å². The van der Waals surface area contributed by atoms with Crippen LogP contribution in [0, 0.1) is 0 Å². The zero-order valence-electron chi connectivity index (χ0n) is 23.6. The lowest BCUT2D eigenvalue weighted by Crippen LogP contribution is -2.34. The Kier molecular flexibility index (Phi) is 9.45. The van der Waals surface area contributed by atoms with Crippen molar-refractivity contribution in [3.63, 3.8) is 0 Å². The largest absolute Gasteiger partial charge is 0.490 e. The number of carbonyl (C=O) groups is 2. The average molecular weight is 546 g/mol. The van der Waals surface area contributed by atoms with Gasteiger partial charge in [-0.25, -0.2) is 0 Å². The van der Waals surface area contributed by atoms with Crippen LogP contribution in [0.1, 0.15) is 43.9 Å². The summed E-state index contributed by atoms with van der Waals surface area (Å²) in [4.78, 5) is 24.9. The first kappa shape index (κ1) is 28.7. The number of ether oxygens (including phenoxy) is 5. The number of hydrogen-bond donors (Lipinski definition) is 0. The van der Waals surface area contributed by atoms with E-state index in [0.717, 1.165) is 45.8 Å². The van der Waals surface area contributed by atoms with Crippen LogP contribution in [0.25, 0.3) is 11.1 Å². The van der Waals surface area contributed by atoms with Crippen LogP contribution in [-0.2, 0) is 14.3 Å². The Morgan fingerprint density at radius 2 is 1.43 bits per heavy atom. The number of carbonyl (C=O) groups excluding carboxylic acids is 2. The van der Waals surface area contributed by atoms with Crippen LogP contribution in [0.4, 0.5) is 0 Å². The molecule has 0 saturated heterocycles. The molecule has 8 nitrogen and oxygen atoms in total. The Hall–Kier alpha value is -4.30. The quantitative estimate of drug-likeness (QED) is 0.175. The summed E-state index contributed by atoms with van der Waals surface area (Å²) in [5.41, 5.74) is 5.15. The summed E-state index contributed by atoms with van der Waals surface area (Å²) in [6, 6.07) is 21.3. The Bertz CT molecular complexity index is 1360. The van der Waals surface area contributed by atoms with Crippen LogP contribution in [0.5, 0.6) is 23.0 Å². The van der Waals surface area contributed by atoms with Crippen LogP contribution < -0.4 is 18.9 Å². The number of nitrogens with zero attached hydrogens (tertiary/aromatic N) is 1. The van der Waals surface area contributed by atoms with Crippen LogP contribution >= 0.6 is 0 Å². The Morgan fingerprint density at radius 1 is 0.825 bits per heavy atom. The molecule has 0 bridgehead atoms. The van der Waals surface area contributed by atoms with Gasteiger partial charge in [-0.3, -0.25) is 9.59 Å². The minimum Gasteiger partial charge on any atom is -0.490 e. The fourth-order valence-electron chi connectivity index (χ4n) is 4.65. The van der Waals surface area contributed by atoms with Gasteiger partial charge < -0.3 is 28.6 Å². The molecule has 8 heteroatoms. The molecule has 0 aromatic heterocycles. The smallest absolute Gasteiger partial charge is 0.308 e. The molecule has 1 aliphatic rings. The first-order valence-electron chi connectivity index (χ1n) is 13.2. The minimum absolute atomic E-state index is 0.211. The van der Waals surface area contributed by atoms with Gasteiger partial charge in [-0.05, 0) is 84.8 Å². The zero-order chi connectivity index (χ0) is 28.6. The van der Waals surface area contributed by atoms with E-state index in [1.165, 1.54) is 13.8 Å². The molecule has 210 valence electrons. The van der Waals surface area contributed by atoms with Gasteiger partial charge >= 0.3 is 11.9 Å². The van der Waals surface area contributed by atoms with Crippen molar-refractivity contribution in [2.45, 2.75) is 33.3 Å². The van der Waals surface area contributed by atoms with Crippen LogP contribution in [0.3, 0.4) is 0 Å². The van der Waals surface area contributed by atoms with Gasteiger partial charge in [0.2, 0.25) is 6.79 Å². The number of allylic oxidation sites excluding steroid dienone is 1. The molecule has 1 atom stereocenters. The standard InChI is InChI=1S/C32H35NO7/c1-6-29(25-11-16-30-31(17-25)38-20-37-30)32(24-9-14-27(15-10-24)39-21(2)34)23-7-12-26(13-8-23)36-19-28(18-33(4)5)40-22(3)35/h7-17,28H,6,18-20H2,1-5H3/b32-29+. The molecule has 4 rings (SSSR count). The highest BCUT2D eigenvalue weighted by molar-refractivity contribution is 5.99. The molecule has 0 N–H and O–H groups in total. The highest BCUT2D eigenvalue weighted by atomic mass is 16.7. The summed E-state index contributed by atoms with van der Waals surface area (Å²) in [6.45, 7) is 5.91.